The number of ether oxygens (including phenoxy) is 3. The Hall–Kier alpha value is -5.26. The number of nitro groups is 2. The number of hydrogen-bond acceptors (Lipinski definition) is 11. The van der Waals surface area contributed by atoms with Gasteiger partial charge in [0.1, 0.15) is 34.5 Å². The van der Waals surface area contributed by atoms with E-state index in [1.807, 2.05) is 41.5 Å². The summed E-state index contributed by atoms with van der Waals surface area (Å²) in [5, 5.41) is 22.0. The maximum atomic E-state index is 13.5. The second-order valence-corrected chi connectivity index (χ2v) is 17.3. The molecule has 284 valence electrons. The van der Waals surface area contributed by atoms with E-state index in [-0.39, 0.29) is 81.3 Å². The third kappa shape index (κ3) is 10.9. The zero-order chi connectivity index (χ0) is 39.2. The SMILES string of the molecule is CC(C)(C)c1ccc(OCCOCCOc2ccc(C(C)(C)C)cc2S(=O)(=O)Nc2ccc([N+](=O)[O-])cc2)c(S(=O)(=O)Nc2ccc([N+](=O)[O-])cc2)c1. The van der Waals surface area contributed by atoms with Gasteiger partial charge in [0.25, 0.3) is 31.4 Å². The number of nitrogens with one attached hydrogen (secondary N) is 2. The zero-order valence-corrected chi connectivity index (χ0v) is 31.7. The van der Waals surface area contributed by atoms with E-state index in [1.165, 1.54) is 60.7 Å². The first kappa shape index (κ1) is 40.5. The molecular weight excluding hydrogens is 729 g/mol. The number of non-ortho nitro benzene ring substituents is 2. The Bertz CT molecular complexity index is 2010. The Kier molecular flexibility index (Phi) is 12.4. The van der Waals surface area contributed by atoms with Crippen molar-refractivity contribution >= 4 is 42.8 Å². The van der Waals surface area contributed by atoms with Crippen molar-refractivity contribution in [3.8, 4) is 11.5 Å². The topological polar surface area (TPSA) is 206 Å². The molecule has 0 heterocycles. The Labute approximate surface area is 308 Å². The van der Waals surface area contributed by atoms with Gasteiger partial charge < -0.3 is 14.2 Å². The van der Waals surface area contributed by atoms with E-state index in [1.54, 1.807) is 24.3 Å². The van der Waals surface area contributed by atoms with Crippen LogP contribution in [0.15, 0.2) is 94.7 Å². The molecule has 0 amide bonds. The first-order chi connectivity index (χ1) is 24.7. The van der Waals surface area contributed by atoms with Crippen molar-refractivity contribution < 1.29 is 40.9 Å². The molecule has 0 spiro atoms. The van der Waals surface area contributed by atoms with Gasteiger partial charge in [0.15, 0.2) is 0 Å². The summed E-state index contributed by atoms with van der Waals surface area (Å²) in [5.41, 5.74) is 0.618. The third-order valence-electron chi connectivity index (χ3n) is 7.83. The average molecular weight is 771 g/mol. The zero-order valence-electron chi connectivity index (χ0n) is 30.1. The molecule has 0 saturated heterocycles. The summed E-state index contributed by atoms with van der Waals surface area (Å²) in [7, 11) is -8.37. The molecule has 0 aliphatic carbocycles. The van der Waals surface area contributed by atoms with Crippen LogP contribution in [0.5, 0.6) is 11.5 Å². The number of sulfonamides is 2. The molecule has 4 aromatic carbocycles. The largest absolute Gasteiger partial charge is 0.490 e. The van der Waals surface area contributed by atoms with E-state index in [2.05, 4.69) is 9.44 Å². The fourth-order valence-electron chi connectivity index (χ4n) is 4.85. The number of hydrogen-bond donors (Lipinski definition) is 2. The molecule has 0 aliphatic heterocycles. The van der Waals surface area contributed by atoms with E-state index in [4.69, 9.17) is 14.2 Å². The van der Waals surface area contributed by atoms with Crippen molar-refractivity contribution in [1.29, 1.82) is 0 Å². The minimum Gasteiger partial charge on any atom is -0.490 e. The van der Waals surface area contributed by atoms with Crippen LogP contribution in [-0.4, -0.2) is 53.1 Å². The van der Waals surface area contributed by atoms with Crippen LogP contribution in [0.25, 0.3) is 0 Å². The molecule has 4 aromatic rings. The van der Waals surface area contributed by atoms with Crippen molar-refractivity contribution in [2.75, 3.05) is 35.9 Å². The van der Waals surface area contributed by atoms with E-state index in [0.29, 0.717) is 0 Å². The molecule has 0 atom stereocenters. The van der Waals surface area contributed by atoms with Crippen LogP contribution < -0.4 is 18.9 Å². The standard InChI is InChI=1S/C36H42N4O11S2/c1-35(2,3)25-7-17-31(33(23-25)52(45,46)37-27-9-13-29(14-10-27)39(41)42)50-21-19-49-20-22-51-32-18-8-26(36(4,5)6)24-34(32)53(47,48)38-28-11-15-30(16-12-28)40(43)44/h7-18,23-24,37-38H,19-22H2,1-6H3. The number of benzene rings is 4. The number of anilines is 2. The van der Waals surface area contributed by atoms with E-state index >= 15 is 0 Å². The Balaban J connectivity index is 1.41. The van der Waals surface area contributed by atoms with Gasteiger partial charge in [0.05, 0.1) is 23.1 Å². The first-order valence-corrected chi connectivity index (χ1v) is 19.3. The highest BCUT2D eigenvalue weighted by Crippen LogP contribution is 2.34. The second-order valence-electron chi connectivity index (χ2n) is 14.0. The van der Waals surface area contributed by atoms with E-state index in [9.17, 15) is 37.1 Å². The summed E-state index contributed by atoms with van der Waals surface area (Å²) in [4.78, 5) is 20.6. The lowest BCUT2D eigenvalue weighted by molar-refractivity contribution is -0.385. The molecule has 0 aliphatic rings. The minimum absolute atomic E-state index is 0.0337. The summed E-state index contributed by atoms with van der Waals surface area (Å²) in [5.74, 6) is 0.142. The third-order valence-corrected chi connectivity index (χ3v) is 10.6. The average Bonchev–Trinajstić information content (AvgIpc) is 3.07. The van der Waals surface area contributed by atoms with Gasteiger partial charge in [-0.25, -0.2) is 16.8 Å². The summed E-state index contributed by atoms with van der Waals surface area (Å²) in [6.45, 7) is 11.6. The lowest BCUT2D eigenvalue weighted by Gasteiger charge is -2.22. The number of nitrogens with zero attached hydrogens (tertiary/aromatic N) is 2. The molecule has 4 rings (SSSR count). The molecule has 0 saturated carbocycles. The summed E-state index contributed by atoms with van der Waals surface area (Å²) >= 11 is 0. The highest BCUT2D eigenvalue weighted by atomic mass is 32.2. The number of rotatable bonds is 16. The normalized spacial score (nSPS) is 12.2. The van der Waals surface area contributed by atoms with Crippen LogP contribution in [0.4, 0.5) is 22.7 Å². The quantitative estimate of drug-likeness (QED) is 0.0663. The van der Waals surface area contributed by atoms with Gasteiger partial charge >= 0.3 is 0 Å². The van der Waals surface area contributed by atoms with Crippen molar-refractivity contribution in [2.45, 2.75) is 62.2 Å². The van der Waals surface area contributed by atoms with Crippen molar-refractivity contribution in [3.05, 3.63) is 116 Å². The molecule has 0 unspecified atom stereocenters. The Morgan fingerprint density at radius 2 is 0.887 bits per heavy atom. The van der Waals surface area contributed by atoms with Crippen molar-refractivity contribution in [1.82, 2.24) is 0 Å². The highest BCUT2D eigenvalue weighted by molar-refractivity contribution is 7.93. The monoisotopic (exact) mass is 770 g/mol. The first-order valence-electron chi connectivity index (χ1n) is 16.3. The minimum atomic E-state index is -4.18. The number of nitro benzene ring substituents is 2. The van der Waals surface area contributed by atoms with Gasteiger partial charge in [-0.3, -0.25) is 29.7 Å². The molecular formula is C36H42N4O11S2. The predicted octanol–water partition coefficient (Wildman–Crippen LogP) is 7.17. The molecule has 2 N–H and O–H groups in total. The highest BCUT2D eigenvalue weighted by Gasteiger charge is 2.26. The summed E-state index contributed by atoms with van der Waals surface area (Å²) < 4.78 is 76.2. The smallest absolute Gasteiger partial charge is 0.269 e. The lowest BCUT2D eigenvalue weighted by atomic mass is 9.87. The van der Waals surface area contributed by atoms with Gasteiger partial charge in [-0.1, -0.05) is 53.7 Å². The molecule has 0 aromatic heterocycles. The Morgan fingerprint density at radius 1 is 0.547 bits per heavy atom. The maximum absolute atomic E-state index is 13.5. The fourth-order valence-corrected chi connectivity index (χ4v) is 7.31. The second kappa shape index (κ2) is 16.2. The van der Waals surface area contributed by atoms with Gasteiger partial charge in [-0.05, 0) is 70.5 Å². The summed E-state index contributed by atoms with van der Waals surface area (Å²) in [6.07, 6.45) is 0. The van der Waals surface area contributed by atoms with Crippen LogP contribution in [0.3, 0.4) is 0 Å². The molecule has 15 nitrogen and oxygen atoms in total. The van der Waals surface area contributed by atoms with Crippen LogP contribution in [0.1, 0.15) is 52.7 Å². The van der Waals surface area contributed by atoms with E-state index in [0.717, 1.165) is 11.1 Å². The van der Waals surface area contributed by atoms with Crippen LogP contribution in [-0.2, 0) is 35.6 Å². The molecule has 17 heteroatoms. The van der Waals surface area contributed by atoms with Crippen LogP contribution in [0.2, 0.25) is 0 Å². The summed E-state index contributed by atoms with van der Waals surface area (Å²) in [6, 6.07) is 19.7. The van der Waals surface area contributed by atoms with Crippen LogP contribution >= 0.6 is 0 Å². The predicted molar refractivity (Wildman–Crippen MR) is 200 cm³/mol. The molecule has 53 heavy (non-hydrogen) atoms. The maximum Gasteiger partial charge on any atom is 0.269 e. The lowest BCUT2D eigenvalue weighted by Crippen LogP contribution is -2.19. The van der Waals surface area contributed by atoms with Crippen molar-refractivity contribution in [2.24, 2.45) is 0 Å². The van der Waals surface area contributed by atoms with Crippen molar-refractivity contribution in [3.63, 3.8) is 0 Å². The molecule has 0 bridgehead atoms. The van der Waals surface area contributed by atoms with Gasteiger partial charge in [-0.15, -0.1) is 0 Å². The Morgan fingerprint density at radius 3 is 1.19 bits per heavy atom. The molecule has 0 fully saturated rings. The van der Waals surface area contributed by atoms with E-state index < -0.39 is 29.9 Å². The molecule has 0 radical (unpaired) electrons. The van der Waals surface area contributed by atoms with Gasteiger partial charge in [0, 0.05) is 35.6 Å². The van der Waals surface area contributed by atoms with Crippen LogP contribution in [0, 0.1) is 20.2 Å². The van der Waals surface area contributed by atoms with Gasteiger partial charge in [-0.2, -0.15) is 0 Å². The fraction of sp³-hybridized carbons (Fsp3) is 0.333. The van der Waals surface area contributed by atoms with Gasteiger partial charge in [0.2, 0.25) is 0 Å².